The number of hydrogen-bond donors (Lipinski definition) is 1. The Morgan fingerprint density at radius 3 is 2.52 bits per heavy atom. The van der Waals surface area contributed by atoms with Crippen LogP contribution < -0.4 is 5.56 Å². The lowest BCUT2D eigenvalue weighted by molar-refractivity contribution is 0.0697. The fourth-order valence-electron chi connectivity index (χ4n) is 2.96. The van der Waals surface area contributed by atoms with Crippen LogP contribution in [0.5, 0.6) is 0 Å². The molecule has 23 heavy (non-hydrogen) atoms. The zero-order valence-electron chi connectivity index (χ0n) is 14.1. The second kappa shape index (κ2) is 7.44. The summed E-state index contributed by atoms with van der Waals surface area (Å²) in [4.78, 5) is 23.7. The average Bonchev–Trinajstić information content (AvgIpc) is 2.51. The Labute approximate surface area is 136 Å². The monoisotopic (exact) mass is 315 g/mol. The van der Waals surface area contributed by atoms with Crippen LogP contribution in [0.4, 0.5) is 0 Å². The number of unbranched alkanes of at least 4 members (excludes halogenated alkanes) is 3. The first-order valence-electron chi connectivity index (χ1n) is 8.36. The zero-order chi connectivity index (χ0) is 17.0. The van der Waals surface area contributed by atoms with Gasteiger partial charge in [0, 0.05) is 12.6 Å². The maximum Gasteiger partial charge on any atom is 0.335 e. The number of rotatable bonds is 7. The Kier molecular flexibility index (Phi) is 5.59. The second-order valence-corrected chi connectivity index (χ2v) is 6.35. The van der Waals surface area contributed by atoms with Crippen LogP contribution in [0.2, 0.25) is 0 Å². The summed E-state index contributed by atoms with van der Waals surface area (Å²) in [7, 11) is 0. The minimum Gasteiger partial charge on any atom is -0.478 e. The summed E-state index contributed by atoms with van der Waals surface area (Å²) in [6, 6.07) is 6.64. The molecule has 124 valence electrons. The predicted molar refractivity (Wildman–Crippen MR) is 93.4 cm³/mol. The number of nitrogens with zero attached hydrogens (tertiary/aromatic N) is 1. The first-order valence-corrected chi connectivity index (χ1v) is 8.36. The van der Waals surface area contributed by atoms with Crippen molar-refractivity contribution in [3.05, 3.63) is 45.7 Å². The quantitative estimate of drug-likeness (QED) is 0.770. The van der Waals surface area contributed by atoms with Crippen molar-refractivity contribution in [2.75, 3.05) is 0 Å². The van der Waals surface area contributed by atoms with Gasteiger partial charge in [-0.3, -0.25) is 4.79 Å². The molecule has 0 fully saturated rings. The van der Waals surface area contributed by atoms with Gasteiger partial charge in [0.25, 0.3) is 5.56 Å². The number of pyridine rings is 1. The van der Waals surface area contributed by atoms with Gasteiger partial charge in [0.05, 0.1) is 11.1 Å². The number of fused-ring (bicyclic) bond motifs is 1. The Balaban J connectivity index is 2.59. The number of aryl methyl sites for hydroxylation is 1. The van der Waals surface area contributed by atoms with Crippen LogP contribution in [-0.2, 0) is 6.54 Å². The standard InChI is InChI=1S/C19H25NO3/c1-4-5-6-7-10-20-17(21)9-8-14-11-15(19(22)23)12-16(13(2)3)18(14)20/h8-9,11-13H,4-7,10H2,1-3H3,(H,22,23). The van der Waals surface area contributed by atoms with E-state index in [-0.39, 0.29) is 17.0 Å². The van der Waals surface area contributed by atoms with Crippen molar-refractivity contribution in [1.82, 2.24) is 4.57 Å². The summed E-state index contributed by atoms with van der Waals surface area (Å²) < 4.78 is 1.81. The molecular formula is C19H25NO3. The summed E-state index contributed by atoms with van der Waals surface area (Å²) in [5.41, 5.74) is 2.07. The van der Waals surface area contributed by atoms with Crippen LogP contribution in [0.3, 0.4) is 0 Å². The summed E-state index contributed by atoms with van der Waals surface area (Å²) in [5, 5.41) is 10.1. The molecule has 1 aromatic carbocycles. The smallest absolute Gasteiger partial charge is 0.335 e. The SMILES string of the molecule is CCCCCCn1c(=O)ccc2cc(C(=O)O)cc(C(C)C)c21. The Morgan fingerprint density at radius 1 is 1.17 bits per heavy atom. The first-order chi connectivity index (χ1) is 11.0. The summed E-state index contributed by atoms with van der Waals surface area (Å²) in [6.07, 6.45) is 4.39. The number of hydrogen-bond acceptors (Lipinski definition) is 2. The van der Waals surface area contributed by atoms with Crippen LogP contribution >= 0.6 is 0 Å². The molecule has 4 nitrogen and oxygen atoms in total. The van der Waals surface area contributed by atoms with E-state index in [1.165, 1.54) is 12.5 Å². The van der Waals surface area contributed by atoms with Crippen molar-refractivity contribution < 1.29 is 9.90 Å². The molecular weight excluding hydrogens is 290 g/mol. The van der Waals surface area contributed by atoms with Gasteiger partial charge in [-0.2, -0.15) is 0 Å². The molecule has 0 atom stereocenters. The van der Waals surface area contributed by atoms with Gasteiger partial charge in [0.2, 0.25) is 0 Å². The van der Waals surface area contributed by atoms with Crippen molar-refractivity contribution in [2.45, 2.75) is 58.9 Å². The van der Waals surface area contributed by atoms with Crippen LogP contribution in [0.15, 0.2) is 29.1 Å². The highest BCUT2D eigenvalue weighted by molar-refractivity contribution is 5.95. The normalized spacial score (nSPS) is 11.3. The van der Waals surface area contributed by atoms with Crippen molar-refractivity contribution in [3.63, 3.8) is 0 Å². The van der Waals surface area contributed by atoms with Crippen molar-refractivity contribution in [1.29, 1.82) is 0 Å². The van der Waals surface area contributed by atoms with E-state index in [0.29, 0.717) is 6.54 Å². The lowest BCUT2D eigenvalue weighted by atomic mass is 9.96. The molecule has 0 saturated carbocycles. The van der Waals surface area contributed by atoms with Crippen molar-refractivity contribution in [3.8, 4) is 0 Å². The van der Waals surface area contributed by atoms with Gasteiger partial charge in [-0.05, 0) is 41.5 Å². The molecule has 0 bridgehead atoms. The molecule has 0 amide bonds. The minimum atomic E-state index is -0.936. The third-order valence-electron chi connectivity index (χ3n) is 4.21. The largest absolute Gasteiger partial charge is 0.478 e. The molecule has 0 unspecified atom stereocenters. The van der Waals surface area contributed by atoms with E-state index in [2.05, 4.69) is 6.92 Å². The molecule has 2 aromatic rings. The highest BCUT2D eigenvalue weighted by Gasteiger charge is 2.15. The fourth-order valence-corrected chi connectivity index (χ4v) is 2.96. The summed E-state index contributed by atoms with van der Waals surface area (Å²) in [6.45, 7) is 6.90. The third kappa shape index (κ3) is 3.81. The number of carboxylic acid groups (broad SMARTS) is 1. The molecule has 1 aromatic heterocycles. The van der Waals surface area contributed by atoms with Gasteiger partial charge in [-0.15, -0.1) is 0 Å². The second-order valence-electron chi connectivity index (χ2n) is 6.35. The van der Waals surface area contributed by atoms with Crippen LogP contribution in [0.1, 0.15) is 68.3 Å². The van der Waals surface area contributed by atoms with Crippen molar-refractivity contribution in [2.24, 2.45) is 0 Å². The lowest BCUT2D eigenvalue weighted by Gasteiger charge is -2.17. The number of aromatic carboxylic acids is 1. The van der Waals surface area contributed by atoms with Gasteiger partial charge in [-0.25, -0.2) is 4.79 Å². The maximum atomic E-state index is 12.3. The zero-order valence-corrected chi connectivity index (χ0v) is 14.1. The van der Waals surface area contributed by atoms with E-state index >= 15 is 0 Å². The molecule has 0 spiro atoms. The van der Waals surface area contributed by atoms with Gasteiger partial charge in [0.15, 0.2) is 0 Å². The molecule has 0 aliphatic heterocycles. The Hall–Kier alpha value is -2.10. The topological polar surface area (TPSA) is 59.3 Å². The lowest BCUT2D eigenvalue weighted by Crippen LogP contribution is -2.21. The maximum absolute atomic E-state index is 12.3. The van der Waals surface area contributed by atoms with Gasteiger partial charge >= 0.3 is 5.97 Å². The number of carboxylic acids is 1. The fraction of sp³-hybridized carbons (Fsp3) is 0.474. The minimum absolute atomic E-state index is 0.0148. The van der Waals surface area contributed by atoms with Crippen LogP contribution in [0.25, 0.3) is 10.9 Å². The molecule has 0 saturated heterocycles. The van der Waals surface area contributed by atoms with E-state index in [1.807, 2.05) is 18.4 Å². The molecule has 2 rings (SSSR count). The van der Waals surface area contributed by atoms with Gasteiger partial charge in [0.1, 0.15) is 0 Å². The van der Waals surface area contributed by atoms with E-state index in [9.17, 15) is 14.7 Å². The van der Waals surface area contributed by atoms with E-state index in [0.717, 1.165) is 35.7 Å². The number of benzene rings is 1. The average molecular weight is 315 g/mol. The highest BCUT2D eigenvalue weighted by Crippen LogP contribution is 2.27. The number of aromatic nitrogens is 1. The van der Waals surface area contributed by atoms with E-state index in [4.69, 9.17) is 0 Å². The van der Waals surface area contributed by atoms with E-state index in [1.54, 1.807) is 18.2 Å². The van der Waals surface area contributed by atoms with Gasteiger partial charge in [-0.1, -0.05) is 40.0 Å². The molecule has 0 radical (unpaired) electrons. The molecule has 4 heteroatoms. The third-order valence-corrected chi connectivity index (χ3v) is 4.21. The Bertz CT molecular complexity index is 759. The molecule has 0 aliphatic carbocycles. The van der Waals surface area contributed by atoms with Gasteiger partial charge < -0.3 is 9.67 Å². The highest BCUT2D eigenvalue weighted by atomic mass is 16.4. The van der Waals surface area contributed by atoms with Crippen LogP contribution in [0, 0.1) is 0 Å². The van der Waals surface area contributed by atoms with Crippen molar-refractivity contribution >= 4 is 16.9 Å². The summed E-state index contributed by atoms with van der Waals surface area (Å²) in [5.74, 6) is -0.782. The van der Waals surface area contributed by atoms with Crippen LogP contribution in [-0.4, -0.2) is 15.6 Å². The molecule has 1 N–H and O–H groups in total. The molecule has 1 heterocycles. The number of carbonyl (C=O) groups is 1. The first kappa shape index (κ1) is 17.3. The van der Waals surface area contributed by atoms with E-state index < -0.39 is 5.97 Å². The molecule has 0 aliphatic rings. The predicted octanol–water partition coefficient (Wildman–Crippen LogP) is 4.40. The Morgan fingerprint density at radius 2 is 1.91 bits per heavy atom. The summed E-state index contributed by atoms with van der Waals surface area (Å²) >= 11 is 0.